The zero-order chi connectivity index (χ0) is 13.2. The van der Waals surface area contributed by atoms with Crippen LogP contribution in [0.15, 0.2) is 12.3 Å². The van der Waals surface area contributed by atoms with Gasteiger partial charge in [-0.3, -0.25) is 9.59 Å². The Balaban J connectivity index is 1.68. The molecule has 1 atom stereocenters. The first-order valence-corrected chi connectivity index (χ1v) is 6.88. The Labute approximate surface area is 111 Å². The van der Waals surface area contributed by atoms with Crippen molar-refractivity contribution in [2.45, 2.75) is 50.6 Å². The first-order valence-electron chi connectivity index (χ1n) is 6.88. The highest BCUT2D eigenvalue weighted by molar-refractivity contribution is 5.98. The Morgan fingerprint density at radius 1 is 1.37 bits per heavy atom. The molecule has 2 fully saturated rings. The number of anilines is 1. The third kappa shape index (κ3) is 2.47. The number of hydrogen-bond donors (Lipinski definition) is 2. The molecule has 1 aromatic rings. The number of aromatic nitrogens is 2. The molecule has 1 aliphatic carbocycles. The molecule has 2 N–H and O–H groups in total. The molecule has 1 aromatic heterocycles. The molecular formula is C13H18N4O2. The molecule has 1 saturated carbocycles. The van der Waals surface area contributed by atoms with Crippen molar-refractivity contribution >= 4 is 17.6 Å². The van der Waals surface area contributed by atoms with Gasteiger partial charge in [0.05, 0.1) is 12.2 Å². The SMILES string of the molecule is O=C1CCC(C(=O)Nc2ccnn2C2CCCC2)N1. The van der Waals surface area contributed by atoms with E-state index in [0.29, 0.717) is 18.9 Å². The molecule has 2 aliphatic rings. The lowest BCUT2D eigenvalue weighted by atomic mass is 10.2. The number of carbonyl (C=O) groups excluding carboxylic acids is 2. The maximum absolute atomic E-state index is 12.1. The fraction of sp³-hybridized carbons (Fsp3) is 0.615. The number of hydrogen-bond acceptors (Lipinski definition) is 3. The Kier molecular flexibility index (Phi) is 3.23. The van der Waals surface area contributed by atoms with Gasteiger partial charge in [-0.15, -0.1) is 0 Å². The summed E-state index contributed by atoms with van der Waals surface area (Å²) in [5, 5.41) is 9.86. The summed E-state index contributed by atoms with van der Waals surface area (Å²) in [5.41, 5.74) is 0. The Bertz CT molecular complexity index is 491. The van der Waals surface area contributed by atoms with E-state index >= 15 is 0 Å². The Morgan fingerprint density at radius 3 is 2.84 bits per heavy atom. The molecule has 2 amide bonds. The standard InChI is InChI=1S/C13H18N4O2/c18-12-6-5-10(15-12)13(19)16-11-7-8-14-17(11)9-3-1-2-4-9/h7-10H,1-6H2,(H,15,18)(H,16,19). The molecule has 0 bridgehead atoms. The lowest BCUT2D eigenvalue weighted by molar-refractivity contribution is -0.122. The summed E-state index contributed by atoms with van der Waals surface area (Å²) in [6.45, 7) is 0. The number of nitrogens with zero attached hydrogens (tertiary/aromatic N) is 2. The molecule has 0 aromatic carbocycles. The lowest BCUT2D eigenvalue weighted by Gasteiger charge is -2.16. The highest BCUT2D eigenvalue weighted by Gasteiger charge is 2.28. The normalized spacial score (nSPS) is 23.6. The molecule has 3 rings (SSSR count). The van der Waals surface area contributed by atoms with Crippen LogP contribution in [-0.4, -0.2) is 27.6 Å². The molecule has 6 heteroatoms. The minimum Gasteiger partial charge on any atom is -0.344 e. The van der Waals surface area contributed by atoms with Gasteiger partial charge in [-0.2, -0.15) is 5.10 Å². The van der Waals surface area contributed by atoms with Gasteiger partial charge < -0.3 is 10.6 Å². The van der Waals surface area contributed by atoms with Crippen molar-refractivity contribution in [2.75, 3.05) is 5.32 Å². The van der Waals surface area contributed by atoms with E-state index in [4.69, 9.17) is 0 Å². The zero-order valence-corrected chi connectivity index (χ0v) is 10.8. The monoisotopic (exact) mass is 262 g/mol. The van der Waals surface area contributed by atoms with E-state index in [1.807, 2.05) is 10.7 Å². The van der Waals surface area contributed by atoms with E-state index in [0.717, 1.165) is 18.7 Å². The number of nitrogens with one attached hydrogen (secondary N) is 2. The fourth-order valence-corrected chi connectivity index (χ4v) is 2.88. The van der Waals surface area contributed by atoms with Crippen LogP contribution in [0.2, 0.25) is 0 Å². The second kappa shape index (κ2) is 5.03. The summed E-state index contributed by atoms with van der Waals surface area (Å²) in [5.74, 6) is 0.535. The van der Waals surface area contributed by atoms with Gasteiger partial charge in [0.1, 0.15) is 11.9 Å². The molecule has 0 radical (unpaired) electrons. The predicted octanol–water partition coefficient (Wildman–Crippen LogP) is 1.22. The topological polar surface area (TPSA) is 76.0 Å². The minimum absolute atomic E-state index is 0.0514. The fourth-order valence-electron chi connectivity index (χ4n) is 2.88. The molecule has 0 spiro atoms. The predicted molar refractivity (Wildman–Crippen MR) is 69.5 cm³/mol. The third-order valence-electron chi connectivity index (χ3n) is 3.90. The van der Waals surface area contributed by atoms with Gasteiger partial charge in [-0.05, 0) is 19.3 Å². The first-order chi connectivity index (χ1) is 9.24. The minimum atomic E-state index is -0.403. The maximum atomic E-state index is 12.1. The summed E-state index contributed by atoms with van der Waals surface area (Å²) in [7, 11) is 0. The second-order valence-electron chi connectivity index (χ2n) is 5.25. The second-order valence-corrected chi connectivity index (χ2v) is 5.25. The number of rotatable bonds is 3. The zero-order valence-electron chi connectivity index (χ0n) is 10.8. The molecule has 102 valence electrons. The van der Waals surface area contributed by atoms with Gasteiger partial charge in [0.15, 0.2) is 0 Å². The van der Waals surface area contributed by atoms with Crippen LogP contribution < -0.4 is 10.6 Å². The summed E-state index contributed by atoms with van der Waals surface area (Å²) in [6, 6.07) is 1.80. The Hall–Kier alpha value is -1.85. The van der Waals surface area contributed by atoms with Crippen molar-refractivity contribution in [2.24, 2.45) is 0 Å². The molecule has 6 nitrogen and oxygen atoms in total. The van der Waals surface area contributed by atoms with Crippen molar-refractivity contribution in [3.63, 3.8) is 0 Å². The highest BCUT2D eigenvalue weighted by atomic mass is 16.2. The van der Waals surface area contributed by atoms with Crippen molar-refractivity contribution < 1.29 is 9.59 Å². The van der Waals surface area contributed by atoms with Crippen LogP contribution in [-0.2, 0) is 9.59 Å². The maximum Gasteiger partial charge on any atom is 0.248 e. The van der Waals surface area contributed by atoms with E-state index in [9.17, 15) is 9.59 Å². The molecule has 19 heavy (non-hydrogen) atoms. The van der Waals surface area contributed by atoms with Gasteiger partial charge >= 0.3 is 0 Å². The smallest absolute Gasteiger partial charge is 0.248 e. The molecular weight excluding hydrogens is 244 g/mol. The van der Waals surface area contributed by atoms with Crippen LogP contribution in [0, 0.1) is 0 Å². The van der Waals surface area contributed by atoms with Crippen molar-refractivity contribution in [3.8, 4) is 0 Å². The van der Waals surface area contributed by atoms with E-state index < -0.39 is 6.04 Å². The summed E-state index contributed by atoms with van der Waals surface area (Å²) in [6.07, 6.45) is 7.38. The van der Waals surface area contributed by atoms with Crippen molar-refractivity contribution in [1.29, 1.82) is 0 Å². The van der Waals surface area contributed by atoms with Gasteiger partial charge in [0, 0.05) is 12.5 Å². The van der Waals surface area contributed by atoms with Crippen LogP contribution in [0.25, 0.3) is 0 Å². The van der Waals surface area contributed by atoms with Crippen molar-refractivity contribution in [1.82, 2.24) is 15.1 Å². The largest absolute Gasteiger partial charge is 0.344 e. The summed E-state index contributed by atoms with van der Waals surface area (Å²) < 4.78 is 1.90. The molecule has 1 unspecified atom stereocenters. The van der Waals surface area contributed by atoms with E-state index in [1.165, 1.54) is 12.8 Å². The third-order valence-corrected chi connectivity index (χ3v) is 3.90. The average molecular weight is 262 g/mol. The van der Waals surface area contributed by atoms with Crippen LogP contribution in [0.3, 0.4) is 0 Å². The van der Waals surface area contributed by atoms with Crippen LogP contribution >= 0.6 is 0 Å². The van der Waals surface area contributed by atoms with Gasteiger partial charge in [0.2, 0.25) is 11.8 Å². The molecule has 1 aliphatic heterocycles. The van der Waals surface area contributed by atoms with Crippen LogP contribution in [0.4, 0.5) is 5.82 Å². The average Bonchev–Trinajstić information content (AvgIpc) is 3.07. The quantitative estimate of drug-likeness (QED) is 0.859. The van der Waals surface area contributed by atoms with Gasteiger partial charge in [-0.25, -0.2) is 4.68 Å². The number of carbonyl (C=O) groups is 2. The number of amides is 2. The molecule has 1 saturated heterocycles. The van der Waals surface area contributed by atoms with Crippen LogP contribution in [0.1, 0.15) is 44.6 Å². The van der Waals surface area contributed by atoms with E-state index in [2.05, 4.69) is 15.7 Å². The van der Waals surface area contributed by atoms with Crippen molar-refractivity contribution in [3.05, 3.63) is 12.3 Å². The summed E-state index contributed by atoms with van der Waals surface area (Å²) in [4.78, 5) is 23.2. The lowest BCUT2D eigenvalue weighted by Crippen LogP contribution is -2.37. The Morgan fingerprint density at radius 2 is 2.16 bits per heavy atom. The first kappa shape index (κ1) is 12.2. The summed E-state index contributed by atoms with van der Waals surface area (Å²) >= 11 is 0. The van der Waals surface area contributed by atoms with Gasteiger partial charge in [-0.1, -0.05) is 12.8 Å². The highest BCUT2D eigenvalue weighted by Crippen LogP contribution is 2.31. The molecule has 2 heterocycles. The van der Waals surface area contributed by atoms with E-state index in [1.54, 1.807) is 6.20 Å². The van der Waals surface area contributed by atoms with Crippen LogP contribution in [0.5, 0.6) is 0 Å². The van der Waals surface area contributed by atoms with E-state index in [-0.39, 0.29) is 11.8 Å². The van der Waals surface area contributed by atoms with Gasteiger partial charge in [0.25, 0.3) is 0 Å².